The van der Waals surface area contributed by atoms with Crippen LogP contribution in [0.3, 0.4) is 0 Å². The van der Waals surface area contributed by atoms with Crippen LogP contribution in [0, 0.1) is 5.92 Å². The van der Waals surface area contributed by atoms with E-state index in [2.05, 4.69) is 0 Å². The molecule has 0 bridgehead atoms. The molecule has 0 unspecified atom stereocenters. The van der Waals surface area contributed by atoms with Gasteiger partial charge in [-0.05, 0) is 40.5 Å². The molecule has 0 aliphatic carbocycles. The third kappa shape index (κ3) is 3.36. The van der Waals surface area contributed by atoms with Gasteiger partial charge in [-0.25, -0.2) is 4.79 Å². The second-order valence-electron chi connectivity index (χ2n) is 6.01. The summed E-state index contributed by atoms with van der Waals surface area (Å²) in [7, 11) is 0. The highest BCUT2D eigenvalue weighted by Crippen LogP contribution is 2.31. The number of rotatable bonds is 1. The normalized spacial score (nSPS) is 29.9. The van der Waals surface area contributed by atoms with Gasteiger partial charge < -0.3 is 19.1 Å². The first-order valence-electron chi connectivity index (χ1n) is 6.64. The first-order chi connectivity index (χ1) is 8.35. The van der Waals surface area contributed by atoms with E-state index < -0.39 is 5.60 Å². The highest BCUT2D eigenvalue weighted by molar-refractivity contribution is 5.68. The molecule has 0 atom stereocenters. The molecular formula is C13H23NO4. The van der Waals surface area contributed by atoms with E-state index in [-0.39, 0.29) is 18.7 Å². The number of hydrogen-bond acceptors (Lipinski definition) is 4. The number of likely N-dealkylation sites (tertiary alicyclic amines) is 1. The lowest BCUT2D eigenvalue weighted by Gasteiger charge is -2.42. The minimum atomic E-state index is -0.427. The van der Waals surface area contributed by atoms with Crippen LogP contribution in [0.15, 0.2) is 0 Å². The Balaban J connectivity index is 1.74. The average molecular weight is 257 g/mol. The Bertz CT molecular complexity index is 299. The van der Waals surface area contributed by atoms with Crippen molar-refractivity contribution in [3.63, 3.8) is 0 Å². The molecule has 0 saturated carbocycles. The van der Waals surface area contributed by atoms with Gasteiger partial charge in [0.05, 0.1) is 0 Å². The predicted molar refractivity (Wildman–Crippen MR) is 66.0 cm³/mol. The number of nitrogens with zero attached hydrogens (tertiary/aromatic N) is 1. The largest absolute Gasteiger partial charge is 0.444 e. The van der Waals surface area contributed by atoms with E-state index in [1.807, 2.05) is 27.7 Å². The first-order valence-corrected chi connectivity index (χ1v) is 6.64. The lowest BCUT2D eigenvalue weighted by molar-refractivity contribution is -0.394. The number of carbonyl (C=O) groups excluding carboxylic acids is 1. The molecule has 2 heterocycles. The number of hydrogen-bond donors (Lipinski definition) is 0. The fourth-order valence-corrected chi connectivity index (χ4v) is 2.29. The van der Waals surface area contributed by atoms with Gasteiger partial charge in [-0.3, -0.25) is 0 Å². The van der Waals surface area contributed by atoms with Gasteiger partial charge in [0.25, 0.3) is 0 Å². The standard InChI is InChI=1S/C13H23NO4/c1-9-16-11(17-9)10-5-7-14(8-6-10)12(15)18-13(2,3)4/h9-11H,5-8H2,1-4H3. The first kappa shape index (κ1) is 13.6. The zero-order chi connectivity index (χ0) is 13.3. The summed E-state index contributed by atoms with van der Waals surface area (Å²) < 4.78 is 16.4. The van der Waals surface area contributed by atoms with E-state index in [1.165, 1.54) is 0 Å². The van der Waals surface area contributed by atoms with Crippen LogP contribution in [-0.4, -0.2) is 42.3 Å². The minimum absolute atomic E-state index is 0.0687. The van der Waals surface area contributed by atoms with E-state index in [9.17, 15) is 4.79 Å². The fraction of sp³-hybridized carbons (Fsp3) is 0.923. The van der Waals surface area contributed by atoms with Crippen LogP contribution in [0.5, 0.6) is 0 Å². The molecule has 0 spiro atoms. The second kappa shape index (κ2) is 5.05. The van der Waals surface area contributed by atoms with E-state index in [1.54, 1.807) is 4.90 Å². The smallest absolute Gasteiger partial charge is 0.410 e. The second-order valence-corrected chi connectivity index (χ2v) is 6.01. The van der Waals surface area contributed by atoms with Crippen molar-refractivity contribution >= 4 is 6.09 Å². The maximum atomic E-state index is 11.9. The molecule has 18 heavy (non-hydrogen) atoms. The molecular weight excluding hydrogens is 234 g/mol. The highest BCUT2D eigenvalue weighted by Gasteiger charge is 2.37. The molecule has 1 amide bonds. The van der Waals surface area contributed by atoms with Gasteiger partial charge in [-0.1, -0.05) is 0 Å². The third-order valence-electron chi connectivity index (χ3n) is 3.23. The van der Waals surface area contributed by atoms with Crippen molar-refractivity contribution in [2.45, 2.75) is 58.7 Å². The summed E-state index contributed by atoms with van der Waals surface area (Å²) >= 11 is 0. The average Bonchev–Trinajstić information content (AvgIpc) is 2.23. The molecule has 0 N–H and O–H groups in total. The monoisotopic (exact) mass is 257 g/mol. The summed E-state index contributed by atoms with van der Waals surface area (Å²) in [5.41, 5.74) is -0.427. The summed E-state index contributed by atoms with van der Waals surface area (Å²) in [4.78, 5) is 13.6. The van der Waals surface area contributed by atoms with Crippen molar-refractivity contribution < 1.29 is 19.0 Å². The van der Waals surface area contributed by atoms with Gasteiger partial charge >= 0.3 is 6.09 Å². The fourth-order valence-electron chi connectivity index (χ4n) is 2.29. The summed E-state index contributed by atoms with van der Waals surface area (Å²) in [6.07, 6.45) is 1.47. The Morgan fingerprint density at radius 2 is 1.78 bits per heavy atom. The maximum absolute atomic E-state index is 11.9. The number of piperidine rings is 1. The van der Waals surface area contributed by atoms with Crippen molar-refractivity contribution in [3.05, 3.63) is 0 Å². The molecule has 2 aliphatic rings. The molecule has 2 saturated heterocycles. The topological polar surface area (TPSA) is 48.0 Å². The van der Waals surface area contributed by atoms with E-state index in [0.29, 0.717) is 5.92 Å². The van der Waals surface area contributed by atoms with Crippen LogP contribution in [0.25, 0.3) is 0 Å². The quantitative estimate of drug-likeness (QED) is 0.723. The van der Waals surface area contributed by atoms with Crippen LogP contribution in [0.2, 0.25) is 0 Å². The highest BCUT2D eigenvalue weighted by atomic mass is 16.9. The summed E-state index contributed by atoms with van der Waals surface area (Å²) in [6.45, 7) is 8.99. The van der Waals surface area contributed by atoms with Crippen molar-refractivity contribution in [3.8, 4) is 0 Å². The molecule has 104 valence electrons. The van der Waals surface area contributed by atoms with Crippen molar-refractivity contribution in [1.82, 2.24) is 4.90 Å². The molecule has 0 aromatic heterocycles. The van der Waals surface area contributed by atoms with E-state index >= 15 is 0 Å². The molecule has 5 nitrogen and oxygen atoms in total. The predicted octanol–water partition coefficient (Wildman–Crippen LogP) is 2.35. The Labute approximate surface area is 108 Å². The minimum Gasteiger partial charge on any atom is -0.444 e. The van der Waals surface area contributed by atoms with Crippen LogP contribution in [0.4, 0.5) is 4.79 Å². The number of carbonyl (C=O) groups is 1. The molecule has 2 aliphatic heterocycles. The zero-order valence-electron chi connectivity index (χ0n) is 11.6. The molecule has 0 radical (unpaired) electrons. The van der Waals surface area contributed by atoms with Crippen molar-refractivity contribution in [2.24, 2.45) is 5.92 Å². The van der Waals surface area contributed by atoms with E-state index in [4.69, 9.17) is 14.2 Å². The molecule has 0 aromatic carbocycles. The molecule has 2 fully saturated rings. The lowest BCUT2D eigenvalue weighted by atomic mass is 9.96. The molecule has 5 heteroatoms. The number of amides is 1. The van der Waals surface area contributed by atoms with Gasteiger partial charge in [-0.15, -0.1) is 0 Å². The summed E-state index contributed by atoms with van der Waals surface area (Å²) in [5, 5.41) is 0. The van der Waals surface area contributed by atoms with Gasteiger partial charge in [-0.2, -0.15) is 0 Å². The Morgan fingerprint density at radius 1 is 1.22 bits per heavy atom. The van der Waals surface area contributed by atoms with Crippen LogP contribution >= 0.6 is 0 Å². The van der Waals surface area contributed by atoms with Crippen molar-refractivity contribution in [2.75, 3.05) is 13.1 Å². The van der Waals surface area contributed by atoms with Gasteiger partial charge in [0.2, 0.25) is 0 Å². The van der Waals surface area contributed by atoms with Crippen LogP contribution in [-0.2, 0) is 14.2 Å². The van der Waals surface area contributed by atoms with Crippen LogP contribution < -0.4 is 0 Å². The summed E-state index contributed by atoms with van der Waals surface area (Å²) in [6, 6.07) is 0. The lowest BCUT2D eigenvalue weighted by Crippen LogP contribution is -2.49. The van der Waals surface area contributed by atoms with Gasteiger partial charge in [0.1, 0.15) is 5.60 Å². The van der Waals surface area contributed by atoms with Gasteiger partial charge in [0.15, 0.2) is 12.6 Å². The van der Waals surface area contributed by atoms with Crippen LogP contribution in [0.1, 0.15) is 40.5 Å². The Hall–Kier alpha value is -0.810. The van der Waals surface area contributed by atoms with Gasteiger partial charge in [0, 0.05) is 19.0 Å². The Morgan fingerprint density at radius 3 is 2.22 bits per heavy atom. The molecule has 0 aromatic rings. The third-order valence-corrected chi connectivity index (χ3v) is 3.23. The SMILES string of the molecule is CC1OC(C2CCN(C(=O)OC(C)(C)C)CC2)O1. The Kier molecular flexibility index (Phi) is 3.82. The zero-order valence-corrected chi connectivity index (χ0v) is 11.6. The summed E-state index contributed by atoms with van der Waals surface area (Å²) in [5.74, 6) is 0.403. The van der Waals surface area contributed by atoms with Crippen molar-refractivity contribution in [1.29, 1.82) is 0 Å². The molecule has 2 rings (SSSR count). The van der Waals surface area contributed by atoms with E-state index in [0.717, 1.165) is 25.9 Å². The maximum Gasteiger partial charge on any atom is 0.410 e. The number of ether oxygens (including phenoxy) is 3.